The van der Waals surface area contributed by atoms with E-state index < -0.39 is 36.6 Å². The number of methoxy groups -OCH3 is 1. The largest absolute Gasteiger partial charge is 0.497 e. The van der Waals surface area contributed by atoms with Gasteiger partial charge in [0.1, 0.15) is 17.6 Å². The Hall–Kier alpha value is -1.38. The molecule has 1 aromatic rings. The van der Waals surface area contributed by atoms with E-state index in [-0.39, 0.29) is 5.75 Å². The summed E-state index contributed by atoms with van der Waals surface area (Å²) in [6.07, 6.45) is -4.68. The molecule has 112 valence electrons. The zero-order valence-electron chi connectivity index (χ0n) is 10.9. The molecule has 0 bridgehead atoms. The topological polar surface area (TPSA) is 120 Å². The van der Waals surface area contributed by atoms with Crippen LogP contribution in [0.5, 0.6) is 11.5 Å². The summed E-state index contributed by atoms with van der Waals surface area (Å²) in [5.41, 5.74) is -2.12. The Bertz CT molecular complexity index is 449. The maximum absolute atomic E-state index is 10.2. The summed E-state index contributed by atoms with van der Waals surface area (Å²) in [5.74, 6) is -0.236. The van der Waals surface area contributed by atoms with Crippen LogP contribution in [0.1, 0.15) is 0 Å². The van der Waals surface area contributed by atoms with Gasteiger partial charge in [-0.3, -0.25) is 0 Å². The number of benzene rings is 1. The van der Waals surface area contributed by atoms with Gasteiger partial charge in [0.25, 0.3) is 0 Å². The van der Waals surface area contributed by atoms with Crippen LogP contribution in [-0.2, 0) is 0 Å². The third-order valence-corrected chi connectivity index (χ3v) is 3.70. The van der Waals surface area contributed by atoms with E-state index in [0.717, 1.165) is 0 Å². The van der Waals surface area contributed by atoms with E-state index in [1.54, 1.807) is 12.1 Å². The Balaban J connectivity index is 2.08. The minimum absolute atomic E-state index is 0.247. The van der Waals surface area contributed by atoms with E-state index in [1.807, 2.05) is 0 Å². The first kappa shape index (κ1) is 15.0. The van der Waals surface area contributed by atoms with E-state index in [1.165, 1.54) is 19.2 Å². The van der Waals surface area contributed by atoms with Gasteiger partial charge in [0.05, 0.1) is 19.8 Å². The second kappa shape index (κ2) is 5.55. The monoisotopic (exact) mass is 286 g/mol. The van der Waals surface area contributed by atoms with Gasteiger partial charge in [-0.2, -0.15) is 0 Å². The van der Waals surface area contributed by atoms with Crippen molar-refractivity contribution in [1.29, 1.82) is 0 Å². The second-order valence-corrected chi connectivity index (χ2v) is 4.76. The molecule has 1 fully saturated rings. The van der Waals surface area contributed by atoms with Crippen LogP contribution in [0.2, 0.25) is 0 Å². The summed E-state index contributed by atoms with van der Waals surface area (Å²) in [7, 11) is 1.51. The van der Waals surface area contributed by atoms with Gasteiger partial charge >= 0.3 is 0 Å². The van der Waals surface area contributed by atoms with Crippen molar-refractivity contribution in [3.8, 4) is 11.5 Å². The van der Waals surface area contributed by atoms with Crippen molar-refractivity contribution in [2.45, 2.75) is 24.1 Å². The molecule has 0 saturated heterocycles. The highest BCUT2D eigenvalue weighted by Gasteiger charge is 2.65. The molecule has 7 heteroatoms. The van der Waals surface area contributed by atoms with Crippen molar-refractivity contribution in [3.05, 3.63) is 24.3 Å². The average molecular weight is 286 g/mol. The molecular weight excluding hydrogens is 268 g/mol. The number of ether oxygens (including phenoxy) is 2. The number of aliphatic hydroxyl groups excluding tert-OH is 4. The molecule has 0 radical (unpaired) electrons. The number of hydrogen-bond donors (Lipinski definition) is 5. The van der Waals surface area contributed by atoms with E-state index in [4.69, 9.17) is 14.6 Å². The average Bonchev–Trinajstić information content (AvgIpc) is 2.47. The summed E-state index contributed by atoms with van der Waals surface area (Å²) < 4.78 is 10.1. The normalized spacial score (nSPS) is 34.2. The quantitative estimate of drug-likeness (QED) is 0.416. The zero-order valence-corrected chi connectivity index (χ0v) is 10.9. The Morgan fingerprint density at radius 2 is 1.75 bits per heavy atom. The van der Waals surface area contributed by atoms with Crippen molar-refractivity contribution >= 4 is 0 Å². The fourth-order valence-electron chi connectivity index (χ4n) is 2.33. The molecule has 0 amide bonds. The van der Waals surface area contributed by atoms with Gasteiger partial charge in [-0.15, -0.1) is 0 Å². The standard InChI is InChI=1S/C13H18O7/c1-19-7-2-4-8(5-3-7)20-12(17)13(18)9(6-14)10(15)11(13)16/h2-5,9-12,14-18H,6H2,1H3. The van der Waals surface area contributed by atoms with Gasteiger partial charge < -0.3 is 35.0 Å². The first-order valence-corrected chi connectivity index (χ1v) is 6.13. The summed E-state index contributed by atoms with van der Waals surface area (Å²) >= 11 is 0. The molecule has 1 aliphatic rings. The molecule has 1 aromatic carbocycles. The molecule has 0 aliphatic heterocycles. The Labute approximate surface area is 115 Å². The number of aliphatic hydroxyl groups is 5. The summed E-state index contributed by atoms with van der Waals surface area (Å²) in [6, 6.07) is 6.23. The number of rotatable bonds is 5. The third kappa shape index (κ3) is 2.23. The second-order valence-electron chi connectivity index (χ2n) is 4.76. The van der Waals surface area contributed by atoms with Crippen molar-refractivity contribution in [2.24, 2.45) is 5.92 Å². The highest BCUT2D eigenvalue weighted by molar-refractivity contribution is 5.31. The molecular formula is C13H18O7. The lowest BCUT2D eigenvalue weighted by Gasteiger charge is -2.53. The van der Waals surface area contributed by atoms with Gasteiger partial charge in [-0.05, 0) is 24.3 Å². The Morgan fingerprint density at radius 1 is 1.20 bits per heavy atom. The molecule has 0 aromatic heterocycles. The highest BCUT2D eigenvalue weighted by atomic mass is 16.6. The molecule has 0 heterocycles. The zero-order chi connectivity index (χ0) is 14.9. The van der Waals surface area contributed by atoms with Crippen molar-refractivity contribution in [1.82, 2.24) is 0 Å². The van der Waals surface area contributed by atoms with Crippen molar-refractivity contribution < 1.29 is 35.0 Å². The summed E-state index contributed by atoms with van der Waals surface area (Å²) in [6.45, 7) is -0.586. The van der Waals surface area contributed by atoms with Crippen LogP contribution in [0, 0.1) is 5.92 Å². The lowest BCUT2D eigenvalue weighted by molar-refractivity contribution is -0.332. The Morgan fingerprint density at radius 3 is 2.25 bits per heavy atom. The van der Waals surface area contributed by atoms with Crippen molar-refractivity contribution in [3.63, 3.8) is 0 Å². The van der Waals surface area contributed by atoms with Crippen molar-refractivity contribution in [2.75, 3.05) is 13.7 Å². The fraction of sp³-hybridized carbons (Fsp3) is 0.538. The molecule has 5 N–H and O–H groups in total. The van der Waals surface area contributed by atoms with Crippen LogP contribution in [-0.4, -0.2) is 63.3 Å². The maximum Gasteiger partial charge on any atom is 0.229 e. The smallest absolute Gasteiger partial charge is 0.229 e. The van der Waals surface area contributed by atoms with Gasteiger partial charge in [-0.1, -0.05) is 0 Å². The predicted molar refractivity (Wildman–Crippen MR) is 67.2 cm³/mol. The molecule has 5 atom stereocenters. The van der Waals surface area contributed by atoms with Gasteiger partial charge in [-0.25, -0.2) is 0 Å². The Kier molecular flexibility index (Phi) is 4.17. The van der Waals surface area contributed by atoms with Crippen LogP contribution in [0.25, 0.3) is 0 Å². The molecule has 0 spiro atoms. The van der Waals surface area contributed by atoms with Crippen LogP contribution >= 0.6 is 0 Å². The first-order chi connectivity index (χ1) is 9.44. The molecule has 1 aliphatic carbocycles. The predicted octanol–water partition coefficient (Wildman–Crippen LogP) is -1.53. The third-order valence-electron chi connectivity index (χ3n) is 3.70. The molecule has 20 heavy (non-hydrogen) atoms. The summed E-state index contributed by atoms with van der Waals surface area (Å²) in [5, 5.41) is 48.2. The van der Waals surface area contributed by atoms with E-state index in [9.17, 15) is 20.4 Å². The SMILES string of the molecule is COc1ccc(OC(O)C2(O)C(O)C(O)C2CO)cc1. The maximum atomic E-state index is 10.2. The molecule has 7 nitrogen and oxygen atoms in total. The molecule has 5 unspecified atom stereocenters. The van der Waals surface area contributed by atoms with E-state index in [2.05, 4.69) is 0 Å². The van der Waals surface area contributed by atoms with Gasteiger partial charge in [0.2, 0.25) is 6.29 Å². The molecule has 1 saturated carbocycles. The summed E-state index contributed by atoms with van der Waals surface area (Å²) in [4.78, 5) is 0. The van der Waals surface area contributed by atoms with E-state index >= 15 is 0 Å². The lowest BCUT2D eigenvalue weighted by atomic mass is 9.64. The van der Waals surface area contributed by atoms with Crippen LogP contribution in [0.4, 0.5) is 0 Å². The van der Waals surface area contributed by atoms with Crippen LogP contribution in [0.15, 0.2) is 24.3 Å². The van der Waals surface area contributed by atoms with E-state index in [0.29, 0.717) is 5.75 Å². The van der Waals surface area contributed by atoms with Gasteiger partial charge in [0.15, 0.2) is 5.60 Å². The highest BCUT2D eigenvalue weighted by Crippen LogP contribution is 2.42. The minimum Gasteiger partial charge on any atom is -0.497 e. The minimum atomic E-state index is -2.12. The lowest BCUT2D eigenvalue weighted by Crippen LogP contribution is -2.76. The molecule has 2 rings (SSSR count). The fourth-order valence-corrected chi connectivity index (χ4v) is 2.33. The van der Waals surface area contributed by atoms with Crippen LogP contribution in [0.3, 0.4) is 0 Å². The van der Waals surface area contributed by atoms with Gasteiger partial charge in [0, 0.05) is 5.92 Å². The first-order valence-electron chi connectivity index (χ1n) is 6.13. The van der Waals surface area contributed by atoms with Crippen LogP contribution < -0.4 is 9.47 Å². The number of hydrogen-bond acceptors (Lipinski definition) is 7.